The van der Waals surface area contributed by atoms with Gasteiger partial charge in [0.15, 0.2) is 0 Å². The van der Waals surface area contributed by atoms with E-state index >= 15 is 0 Å². The predicted molar refractivity (Wildman–Crippen MR) is 74.5 cm³/mol. The molecular formula is C13H14ClN3O2. The molecule has 0 atom stereocenters. The number of rotatable bonds is 4. The van der Waals surface area contributed by atoms with Crippen LogP contribution in [0, 0.1) is 0 Å². The predicted octanol–water partition coefficient (Wildman–Crippen LogP) is 1.96. The van der Waals surface area contributed by atoms with Crippen LogP contribution in [-0.4, -0.2) is 21.0 Å². The summed E-state index contributed by atoms with van der Waals surface area (Å²) >= 11 is 0. The number of anilines is 1. The zero-order chi connectivity index (χ0) is 13.0. The Kier molecular flexibility index (Phi) is 5.26. The van der Waals surface area contributed by atoms with E-state index in [1.165, 1.54) is 0 Å². The largest absolute Gasteiger partial charge is 0.478 e. The van der Waals surface area contributed by atoms with Crippen molar-refractivity contribution in [2.75, 3.05) is 5.73 Å². The molecule has 2 aromatic rings. The molecule has 0 saturated carbocycles. The van der Waals surface area contributed by atoms with Gasteiger partial charge in [-0.3, -0.25) is 0 Å². The fourth-order valence-electron chi connectivity index (χ4n) is 1.64. The second-order valence-electron chi connectivity index (χ2n) is 3.91. The molecule has 0 spiro atoms. The molecule has 0 aliphatic heterocycles. The van der Waals surface area contributed by atoms with Crippen LogP contribution in [0.2, 0.25) is 0 Å². The summed E-state index contributed by atoms with van der Waals surface area (Å²) in [4.78, 5) is 18.6. The molecule has 1 aromatic carbocycles. The van der Waals surface area contributed by atoms with E-state index in [4.69, 9.17) is 10.8 Å². The monoisotopic (exact) mass is 279 g/mol. The summed E-state index contributed by atoms with van der Waals surface area (Å²) in [7, 11) is 0. The van der Waals surface area contributed by atoms with Crippen molar-refractivity contribution in [1.29, 1.82) is 0 Å². The van der Waals surface area contributed by atoms with Crippen LogP contribution >= 0.6 is 12.4 Å². The Morgan fingerprint density at radius 2 is 1.84 bits per heavy atom. The maximum absolute atomic E-state index is 10.7. The standard InChI is InChI=1S/C13H13N3O2.ClH/c14-13-15-8-7-11(16-13)6-3-9-1-4-10(5-2-9)12(17)18;/h1-2,4-5,7-8H,3,6H2,(H,17,18)(H2,14,15,16);1H. The molecule has 0 unspecified atom stereocenters. The molecule has 1 aromatic heterocycles. The lowest BCUT2D eigenvalue weighted by molar-refractivity contribution is 0.0697. The third kappa shape index (κ3) is 4.22. The van der Waals surface area contributed by atoms with E-state index in [0.29, 0.717) is 5.56 Å². The highest BCUT2D eigenvalue weighted by atomic mass is 35.5. The smallest absolute Gasteiger partial charge is 0.335 e. The van der Waals surface area contributed by atoms with Crippen molar-refractivity contribution < 1.29 is 9.90 Å². The van der Waals surface area contributed by atoms with Crippen LogP contribution < -0.4 is 5.73 Å². The lowest BCUT2D eigenvalue weighted by Crippen LogP contribution is -2.00. The average Bonchev–Trinajstić information content (AvgIpc) is 2.37. The molecule has 0 amide bonds. The number of carboxylic acid groups (broad SMARTS) is 1. The highest BCUT2D eigenvalue weighted by Crippen LogP contribution is 2.08. The minimum absolute atomic E-state index is 0. The number of hydrogen-bond donors (Lipinski definition) is 2. The Hall–Kier alpha value is -2.14. The van der Waals surface area contributed by atoms with Gasteiger partial charge in [0.2, 0.25) is 5.95 Å². The van der Waals surface area contributed by atoms with Crippen molar-refractivity contribution in [3.63, 3.8) is 0 Å². The molecule has 0 fully saturated rings. The van der Waals surface area contributed by atoms with Gasteiger partial charge in [-0.15, -0.1) is 12.4 Å². The van der Waals surface area contributed by atoms with Gasteiger partial charge in [0.1, 0.15) is 0 Å². The minimum Gasteiger partial charge on any atom is -0.478 e. The van der Waals surface area contributed by atoms with E-state index in [9.17, 15) is 4.79 Å². The maximum atomic E-state index is 10.7. The molecule has 0 radical (unpaired) electrons. The molecule has 100 valence electrons. The Balaban J connectivity index is 0.00000180. The molecule has 19 heavy (non-hydrogen) atoms. The van der Waals surface area contributed by atoms with Crippen LogP contribution in [0.4, 0.5) is 5.95 Å². The van der Waals surface area contributed by atoms with E-state index < -0.39 is 5.97 Å². The first-order valence-corrected chi connectivity index (χ1v) is 5.55. The molecule has 0 bridgehead atoms. The van der Waals surface area contributed by atoms with E-state index in [-0.39, 0.29) is 18.4 Å². The summed E-state index contributed by atoms with van der Waals surface area (Å²) in [6.07, 6.45) is 3.17. The lowest BCUT2D eigenvalue weighted by atomic mass is 10.1. The van der Waals surface area contributed by atoms with Gasteiger partial charge in [-0.25, -0.2) is 14.8 Å². The number of carbonyl (C=O) groups is 1. The van der Waals surface area contributed by atoms with Gasteiger partial charge >= 0.3 is 5.97 Å². The summed E-state index contributed by atoms with van der Waals surface area (Å²) in [5, 5.41) is 8.78. The fourth-order valence-corrected chi connectivity index (χ4v) is 1.64. The van der Waals surface area contributed by atoms with Crippen LogP contribution in [0.1, 0.15) is 21.6 Å². The van der Waals surface area contributed by atoms with Crippen LogP contribution in [0.25, 0.3) is 0 Å². The van der Waals surface area contributed by atoms with Crippen molar-refractivity contribution in [2.24, 2.45) is 0 Å². The summed E-state index contributed by atoms with van der Waals surface area (Å²) in [6, 6.07) is 8.65. The fraction of sp³-hybridized carbons (Fsp3) is 0.154. The summed E-state index contributed by atoms with van der Waals surface area (Å²) < 4.78 is 0. The molecule has 1 heterocycles. The first-order chi connectivity index (χ1) is 8.65. The quantitative estimate of drug-likeness (QED) is 0.893. The van der Waals surface area contributed by atoms with Crippen molar-refractivity contribution in [1.82, 2.24) is 9.97 Å². The number of carboxylic acids is 1. The van der Waals surface area contributed by atoms with Gasteiger partial charge in [-0.1, -0.05) is 12.1 Å². The van der Waals surface area contributed by atoms with Crippen molar-refractivity contribution in [3.8, 4) is 0 Å². The number of nitrogens with zero attached hydrogens (tertiary/aromatic N) is 2. The van der Waals surface area contributed by atoms with Crippen molar-refractivity contribution in [2.45, 2.75) is 12.8 Å². The van der Waals surface area contributed by atoms with E-state index in [2.05, 4.69) is 9.97 Å². The molecular weight excluding hydrogens is 266 g/mol. The van der Waals surface area contributed by atoms with E-state index in [0.717, 1.165) is 24.1 Å². The molecule has 5 nitrogen and oxygen atoms in total. The third-order valence-corrected chi connectivity index (χ3v) is 2.60. The average molecular weight is 280 g/mol. The van der Waals surface area contributed by atoms with Gasteiger partial charge < -0.3 is 10.8 Å². The Morgan fingerprint density at radius 1 is 1.16 bits per heavy atom. The van der Waals surface area contributed by atoms with E-state index in [1.54, 1.807) is 18.3 Å². The van der Waals surface area contributed by atoms with Gasteiger partial charge in [-0.05, 0) is 36.6 Å². The zero-order valence-corrected chi connectivity index (χ0v) is 10.9. The lowest BCUT2D eigenvalue weighted by Gasteiger charge is -2.02. The van der Waals surface area contributed by atoms with Crippen LogP contribution in [0.15, 0.2) is 36.5 Å². The second kappa shape index (κ2) is 6.70. The van der Waals surface area contributed by atoms with Gasteiger partial charge in [0.05, 0.1) is 5.56 Å². The summed E-state index contributed by atoms with van der Waals surface area (Å²) in [5.41, 5.74) is 7.74. The van der Waals surface area contributed by atoms with Gasteiger partial charge in [0, 0.05) is 11.9 Å². The number of aromatic carboxylic acids is 1. The van der Waals surface area contributed by atoms with Crippen molar-refractivity contribution >= 4 is 24.3 Å². The molecule has 0 aliphatic rings. The van der Waals surface area contributed by atoms with Gasteiger partial charge in [0.25, 0.3) is 0 Å². The topological polar surface area (TPSA) is 89.1 Å². The molecule has 2 rings (SSSR count). The molecule has 6 heteroatoms. The van der Waals surface area contributed by atoms with Crippen LogP contribution in [0.3, 0.4) is 0 Å². The molecule has 3 N–H and O–H groups in total. The maximum Gasteiger partial charge on any atom is 0.335 e. The Morgan fingerprint density at radius 3 is 2.42 bits per heavy atom. The van der Waals surface area contributed by atoms with Gasteiger partial charge in [-0.2, -0.15) is 0 Å². The number of nitrogen functional groups attached to an aromatic ring is 1. The first-order valence-electron chi connectivity index (χ1n) is 5.55. The van der Waals surface area contributed by atoms with Crippen molar-refractivity contribution in [3.05, 3.63) is 53.3 Å². The highest BCUT2D eigenvalue weighted by Gasteiger charge is 2.02. The number of hydrogen-bond acceptors (Lipinski definition) is 4. The molecule has 0 aliphatic carbocycles. The normalized spacial score (nSPS) is 9.68. The number of halogens is 1. The van der Waals surface area contributed by atoms with Crippen LogP contribution in [-0.2, 0) is 12.8 Å². The van der Waals surface area contributed by atoms with E-state index in [1.807, 2.05) is 18.2 Å². The first kappa shape index (κ1) is 14.9. The summed E-state index contributed by atoms with van der Waals surface area (Å²) in [6.45, 7) is 0. The summed E-state index contributed by atoms with van der Waals surface area (Å²) in [5.74, 6) is -0.640. The SMILES string of the molecule is Cl.Nc1nccc(CCc2ccc(C(=O)O)cc2)n1. The number of aromatic nitrogens is 2. The second-order valence-corrected chi connectivity index (χ2v) is 3.91. The third-order valence-electron chi connectivity index (χ3n) is 2.60. The van der Waals surface area contributed by atoms with Crippen LogP contribution in [0.5, 0.6) is 0 Å². The molecule has 0 saturated heterocycles. The zero-order valence-electron chi connectivity index (χ0n) is 10.1. The Labute approximate surface area is 116 Å². The Bertz CT molecular complexity index is 558. The number of benzene rings is 1. The minimum atomic E-state index is -0.912. The number of nitrogens with two attached hydrogens (primary N) is 1. The highest BCUT2D eigenvalue weighted by molar-refractivity contribution is 5.87. The number of aryl methyl sites for hydroxylation is 2.